The highest BCUT2D eigenvalue weighted by Gasteiger charge is 2.25. The summed E-state index contributed by atoms with van der Waals surface area (Å²) < 4.78 is 0. The van der Waals surface area contributed by atoms with Crippen LogP contribution in [0.1, 0.15) is 57.1 Å². The maximum Gasteiger partial charge on any atom is 0.0248 e. The summed E-state index contributed by atoms with van der Waals surface area (Å²) in [5, 5.41) is 0. The molecule has 0 aromatic heterocycles. The van der Waals surface area contributed by atoms with Crippen LogP contribution in [0.3, 0.4) is 0 Å². The molecule has 106 valence electrons. The maximum absolute atomic E-state index is 6.13. The van der Waals surface area contributed by atoms with Crippen molar-refractivity contribution in [2.24, 2.45) is 5.73 Å². The summed E-state index contributed by atoms with van der Waals surface area (Å²) in [5.74, 6) is 0.612. The Labute approximate surface area is 118 Å². The van der Waals surface area contributed by atoms with Crippen LogP contribution in [0.2, 0.25) is 0 Å². The van der Waals surface area contributed by atoms with Crippen LogP contribution in [0.4, 0.5) is 0 Å². The lowest BCUT2D eigenvalue weighted by Gasteiger charge is -2.38. The average molecular weight is 260 g/mol. The first-order valence-electron chi connectivity index (χ1n) is 7.66. The molecule has 1 saturated heterocycles. The Bertz CT molecular complexity index is 381. The molecule has 2 rings (SSSR count). The van der Waals surface area contributed by atoms with Gasteiger partial charge in [0.25, 0.3) is 0 Å². The molecule has 19 heavy (non-hydrogen) atoms. The molecule has 1 aromatic carbocycles. The molecule has 1 fully saturated rings. The van der Waals surface area contributed by atoms with Gasteiger partial charge in [0, 0.05) is 18.6 Å². The van der Waals surface area contributed by atoms with Crippen molar-refractivity contribution in [3.8, 4) is 0 Å². The Morgan fingerprint density at radius 1 is 1.16 bits per heavy atom. The van der Waals surface area contributed by atoms with Gasteiger partial charge in [0.2, 0.25) is 0 Å². The fraction of sp³-hybridized carbons (Fsp3) is 0.647. The zero-order valence-electron chi connectivity index (χ0n) is 12.6. The third kappa shape index (κ3) is 3.80. The van der Waals surface area contributed by atoms with Crippen molar-refractivity contribution in [1.29, 1.82) is 0 Å². The van der Waals surface area contributed by atoms with Crippen molar-refractivity contribution in [2.75, 3.05) is 6.54 Å². The highest BCUT2D eigenvalue weighted by Crippen LogP contribution is 2.22. The molecule has 0 radical (unpaired) electrons. The summed E-state index contributed by atoms with van der Waals surface area (Å²) in [6.45, 7) is 8.87. The first-order valence-corrected chi connectivity index (χ1v) is 7.66. The number of benzene rings is 1. The quantitative estimate of drug-likeness (QED) is 0.897. The number of piperidine rings is 1. The molecule has 1 aromatic rings. The monoisotopic (exact) mass is 260 g/mol. The van der Waals surface area contributed by atoms with Crippen molar-refractivity contribution in [2.45, 2.75) is 64.6 Å². The van der Waals surface area contributed by atoms with Gasteiger partial charge < -0.3 is 5.73 Å². The second kappa shape index (κ2) is 6.53. The molecule has 2 N–H and O–H groups in total. The Hall–Kier alpha value is -0.860. The van der Waals surface area contributed by atoms with E-state index < -0.39 is 0 Å². The first-order chi connectivity index (χ1) is 9.08. The third-order valence-corrected chi connectivity index (χ3v) is 4.30. The number of likely N-dealkylation sites (tertiary alicyclic amines) is 1. The van der Waals surface area contributed by atoms with Crippen molar-refractivity contribution >= 4 is 0 Å². The highest BCUT2D eigenvalue weighted by atomic mass is 15.2. The van der Waals surface area contributed by atoms with Crippen molar-refractivity contribution in [1.82, 2.24) is 4.90 Å². The van der Waals surface area contributed by atoms with Gasteiger partial charge >= 0.3 is 0 Å². The fourth-order valence-electron chi connectivity index (χ4n) is 3.05. The molecule has 1 aliphatic rings. The van der Waals surface area contributed by atoms with Crippen LogP contribution < -0.4 is 5.73 Å². The van der Waals surface area contributed by atoms with E-state index >= 15 is 0 Å². The summed E-state index contributed by atoms with van der Waals surface area (Å²) in [5.41, 5.74) is 8.97. The molecule has 2 unspecified atom stereocenters. The molecular weight excluding hydrogens is 232 g/mol. The van der Waals surface area contributed by atoms with E-state index in [1.807, 2.05) is 0 Å². The smallest absolute Gasteiger partial charge is 0.0248 e. The normalized spacial score (nSPS) is 22.7. The van der Waals surface area contributed by atoms with Crippen molar-refractivity contribution in [3.05, 3.63) is 35.4 Å². The summed E-state index contributed by atoms with van der Waals surface area (Å²) in [7, 11) is 0. The van der Waals surface area contributed by atoms with Gasteiger partial charge in [-0.2, -0.15) is 0 Å². The average Bonchev–Trinajstić information content (AvgIpc) is 2.39. The van der Waals surface area contributed by atoms with E-state index in [2.05, 4.69) is 49.9 Å². The Morgan fingerprint density at radius 2 is 1.84 bits per heavy atom. The maximum atomic E-state index is 6.13. The third-order valence-electron chi connectivity index (χ3n) is 4.30. The number of hydrogen-bond donors (Lipinski definition) is 1. The summed E-state index contributed by atoms with van der Waals surface area (Å²) >= 11 is 0. The van der Waals surface area contributed by atoms with E-state index in [1.54, 1.807) is 0 Å². The van der Waals surface area contributed by atoms with Gasteiger partial charge in [-0.15, -0.1) is 0 Å². The van der Waals surface area contributed by atoms with Gasteiger partial charge in [-0.3, -0.25) is 4.90 Å². The molecule has 2 nitrogen and oxygen atoms in total. The van der Waals surface area contributed by atoms with Crippen LogP contribution in [0.15, 0.2) is 24.3 Å². The first kappa shape index (κ1) is 14.5. The largest absolute Gasteiger partial charge is 0.327 e. The van der Waals surface area contributed by atoms with Gasteiger partial charge in [-0.05, 0) is 43.4 Å². The summed E-state index contributed by atoms with van der Waals surface area (Å²) in [4.78, 5) is 2.57. The van der Waals surface area contributed by atoms with E-state index in [1.165, 1.54) is 36.9 Å². The van der Waals surface area contributed by atoms with E-state index in [0.29, 0.717) is 12.0 Å². The molecule has 0 aliphatic carbocycles. The van der Waals surface area contributed by atoms with E-state index in [9.17, 15) is 0 Å². The van der Waals surface area contributed by atoms with E-state index in [4.69, 9.17) is 5.73 Å². The molecule has 1 heterocycles. The zero-order chi connectivity index (χ0) is 13.8. The Balaban J connectivity index is 2.02. The van der Waals surface area contributed by atoms with Crippen LogP contribution in [-0.4, -0.2) is 23.5 Å². The lowest BCUT2D eigenvalue weighted by Crippen LogP contribution is -2.48. The lowest BCUT2D eigenvalue weighted by molar-refractivity contribution is 0.123. The molecule has 1 aliphatic heterocycles. The topological polar surface area (TPSA) is 29.3 Å². The molecule has 0 spiro atoms. The van der Waals surface area contributed by atoms with Crippen LogP contribution in [0, 0.1) is 0 Å². The van der Waals surface area contributed by atoms with Gasteiger partial charge in [0.15, 0.2) is 0 Å². The molecule has 2 atom stereocenters. The van der Waals surface area contributed by atoms with Crippen LogP contribution in [0.5, 0.6) is 0 Å². The van der Waals surface area contributed by atoms with Crippen LogP contribution in [0.25, 0.3) is 0 Å². The van der Waals surface area contributed by atoms with Crippen molar-refractivity contribution < 1.29 is 0 Å². The molecular formula is C17H28N2. The van der Waals surface area contributed by atoms with E-state index in [0.717, 1.165) is 6.54 Å². The Kier molecular flexibility index (Phi) is 5.00. The van der Waals surface area contributed by atoms with Gasteiger partial charge in [-0.25, -0.2) is 0 Å². The Morgan fingerprint density at radius 3 is 2.42 bits per heavy atom. The number of rotatable bonds is 4. The second-order valence-corrected chi connectivity index (χ2v) is 6.29. The predicted molar refractivity (Wildman–Crippen MR) is 82.2 cm³/mol. The minimum Gasteiger partial charge on any atom is -0.327 e. The molecule has 0 saturated carbocycles. The zero-order valence-corrected chi connectivity index (χ0v) is 12.6. The van der Waals surface area contributed by atoms with Crippen LogP contribution in [-0.2, 0) is 6.54 Å². The van der Waals surface area contributed by atoms with Crippen LogP contribution >= 0.6 is 0 Å². The van der Waals surface area contributed by atoms with E-state index in [-0.39, 0.29) is 6.04 Å². The summed E-state index contributed by atoms with van der Waals surface area (Å²) in [6.07, 6.45) is 3.89. The SMILES string of the molecule is CC(C)c1ccc(CN2CCCCC2C(C)N)cc1. The number of nitrogens with two attached hydrogens (primary N) is 1. The number of nitrogens with zero attached hydrogens (tertiary/aromatic N) is 1. The van der Waals surface area contributed by atoms with Crippen molar-refractivity contribution in [3.63, 3.8) is 0 Å². The molecule has 0 bridgehead atoms. The molecule has 0 amide bonds. The number of hydrogen-bond acceptors (Lipinski definition) is 2. The van der Waals surface area contributed by atoms with Gasteiger partial charge in [0.1, 0.15) is 0 Å². The minimum absolute atomic E-state index is 0.273. The van der Waals surface area contributed by atoms with Gasteiger partial charge in [-0.1, -0.05) is 44.5 Å². The highest BCUT2D eigenvalue weighted by molar-refractivity contribution is 5.24. The second-order valence-electron chi connectivity index (χ2n) is 6.29. The summed E-state index contributed by atoms with van der Waals surface area (Å²) in [6, 6.07) is 9.92. The van der Waals surface area contributed by atoms with Gasteiger partial charge in [0.05, 0.1) is 0 Å². The minimum atomic E-state index is 0.273. The fourth-order valence-corrected chi connectivity index (χ4v) is 3.05. The molecule has 2 heteroatoms. The standard InChI is InChI=1S/C17H28N2/c1-13(2)16-9-7-15(8-10-16)12-19-11-5-4-6-17(19)14(3)18/h7-10,13-14,17H,4-6,11-12,18H2,1-3H3. The lowest BCUT2D eigenvalue weighted by atomic mass is 9.96. The predicted octanol–water partition coefficient (Wildman–Crippen LogP) is 3.51.